The largest absolute Gasteiger partial charge is 0.475 e. The van der Waals surface area contributed by atoms with E-state index < -0.39 is 5.97 Å². The van der Waals surface area contributed by atoms with Crippen molar-refractivity contribution in [1.29, 1.82) is 0 Å². The highest BCUT2D eigenvalue weighted by atomic mass is 16.4. The Morgan fingerprint density at radius 1 is 1.32 bits per heavy atom. The van der Waals surface area contributed by atoms with Crippen molar-refractivity contribution < 1.29 is 14.3 Å². The number of carboxylic acids is 1. The molecular weight excluding hydrogens is 242 g/mol. The molecule has 0 aliphatic heterocycles. The number of carboxylic acid groups (broad SMARTS) is 1. The molecule has 2 rings (SSSR count). The minimum Gasteiger partial charge on any atom is -0.475 e. The Balaban J connectivity index is 2.55. The molecule has 1 N–H and O–H groups in total. The van der Waals surface area contributed by atoms with Gasteiger partial charge in [0.15, 0.2) is 0 Å². The third kappa shape index (κ3) is 2.52. The van der Waals surface area contributed by atoms with Crippen molar-refractivity contribution in [2.24, 2.45) is 0 Å². The molecule has 1 aromatic heterocycles. The lowest BCUT2D eigenvalue weighted by Gasteiger charge is -2.08. The van der Waals surface area contributed by atoms with Crippen LogP contribution in [-0.4, -0.2) is 16.1 Å². The van der Waals surface area contributed by atoms with Crippen LogP contribution in [0, 0.1) is 13.8 Å². The van der Waals surface area contributed by atoms with E-state index in [-0.39, 0.29) is 5.76 Å². The zero-order valence-electron chi connectivity index (χ0n) is 11.5. The topological polar surface area (TPSA) is 63.3 Å². The van der Waals surface area contributed by atoms with Gasteiger partial charge in [0, 0.05) is 5.56 Å². The van der Waals surface area contributed by atoms with E-state index in [0.29, 0.717) is 17.5 Å². The van der Waals surface area contributed by atoms with E-state index >= 15 is 0 Å². The van der Waals surface area contributed by atoms with Crippen molar-refractivity contribution in [3.05, 3.63) is 40.8 Å². The fraction of sp³-hybridized carbons (Fsp3) is 0.333. The molecule has 0 aliphatic carbocycles. The molecule has 0 bridgehead atoms. The van der Waals surface area contributed by atoms with Crippen LogP contribution in [0.2, 0.25) is 0 Å². The summed E-state index contributed by atoms with van der Waals surface area (Å²) in [5.74, 6) is -0.414. The summed E-state index contributed by atoms with van der Waals surface area (Å²) in [7, 11) is 0. The number of oxazole rings is 1. The maximum atomic E-state index is 11.0. The Morgan fingerprint density at radius 2 is 2.00 bits per heavy atom. The second-order valence-corrected chi connectivity index (χ2v) is 4.97. The van der Waals surface area contributed by atoms with Crippen LogP contribution in [0.4, 0.5) is 0 Å². The van der Waals surface area contributed by atoms with Crippen LogP contribution in [0.5, 0.6) is 0 Å². The van der Waals surface area contributed by atoms with E-state index in [1.165, 1.54) is 5.56 Å². The first kappa shape index (κ1) is 13.3. The molecule has 0 fully saturated rings. The van der Waals surface area contributed by atoms with Gasteiger partial charge in [-0.15, -0.1) is 0 Å². The summed E-state index contributed by atoms with van der Waals surface area (Å²) in [6, 6.07) is 6.08. The highest BCUT2D eigenvalue weighted by Crippen LogP contribution is 2.28. The molecule has 0 unspecified atom stereocenters. The number of benzene rings is 1. The molecule has 0 amide bonds. The van der Waals surface area contributed by atoms with Gasteiger partial charge in [-0.3, -0.25) is 0 Å². The van der Waals surface area contributed by atoms with E-state index in [2.05, 4.69) is 24.9 Å². The van der Waals surface area contributed by atoms with Crippen molar-refractivity contribution in [1.82, 2.24) is 4.98 Å². The second-order valence-electron chi connectivity index (χ2n) is 4.97. The zero-order valence-corrected chi connectivity index (χ0v) is 11.5. The second kappa shape index (κ2) is 4.88. The molecule has 0 saturated heterocycles. The maximum Gasteiger partial charge on any atom is 0.373 e. The number of aromatic carboxylic acids is 1. The van der Waals surface area contributed by atoms with Crippen LogP contribution in [0.15, 0.2) is 22.6 Å². The summed E-state index contributed by atoms with van der Waals surface area (Å²) in [5, 5.41) is 9.00. The first-order valence-electron chi connectivity index (χ1n) is 6.21. The number of aryl methyl sites for hydroxylation is 2. The number of nitrogens with zero attached hydrogens (tertiary/aromatic N) is 1. The van der Waals surface area contributed by atoms with Crippen molar-refractivity contribution in [2.75, 3.05) is 0 Å². The van der Waals surface area contributed by atoms with Gasteiger partial charge in [0.2, 0.25) is 11.7 Å². The smallest absolute Gasteiger partial charge is 0.373 e. The lowest BCUT2D eigenvalue weighted by atomic mass is 9.98. The Hall–Kier alpha value is -2.10. The van der Waals surface area contributed by atoms with Crippen LogP contribution < -0.4 is 0 Å². The van der Waals surface area contributed by atoms with Crippen molar-refractivity contribution >= 4 is 5.97 Å². The summed E-state index contributed by atoms with van der Waals surface area (Å²) >= 11 is 0. The van der Waals surface area contributed by atoms with Gasteiger partial charge in [-0.25, -0.2) is 9.78 Å². The van der Waals surface area contributed by atoms with Gasteiger partial charge in [0.25, 0.3) is 0 Å². The van der Waals surface area contributed by atoms with Gasteiger partial charge in [-0.2, -0.15) is 0 Å². The van der Waals surface area contributed by atoms with Gasteiger partial charge in [-0.1, -0.05) is 26.0 Å². The molecule has 0 aliphatic rings. The third-order valence-electron chi connectivity index (χ3n) is 3.15. The first-order chi connectivity index (χ1) is 8.90. The predicted molar refractivity (Wildman–Crippen MR) is 72.5 cm³/mol. The van der Waals surface area contributed by atoms with Crippen LogP contribution in [0.3, 0.4) is 0 Å². The van der Waals surface area contributed by atoms with E-state index in [0.717, 1.165) is 11.1 Å². The van der Waals surface area contributed by atoms with Crippen molar-refractivity contribution in [2.45, 2.75) is 33.6 Å². The average molecular weight is 259 g/mol. The highest BCUT2D eigenvalue weighted by Gasteiger charge is 2.18. The Labute approximate surface area is 112 Å². The summed E-state index contributed by atoms with van der Waals surface area (Å²) in [6.45, 7) is 7.81. The number of aromatic nitrogens is 1. The number of hydrogen-bond acceptors (Lipinski definition) is 3. The SMILES string of the molecule is Cc1ccc(C(C)C)cc1-c1nc(C)c(C(=O)O)o1. The van der Waals surface area contributed by atoms with Crippen LogP contribution in [0.1, 0.15) is 47.1 Å². The Kier molecular flexibility index (Phi) is 3.42. The van der Waals surface area contributed by atoms with Crippen LogP contribution in [0.25, 0.3) is 11.5 Å². The van der Waals surface area contributed by atoms with Crippen LogP contribution >= 0.6 is 0 Å². The van der Waals surface area contributed by atoms with Gasteiger partial charge in [0.05, 0.1) is 5.69 Å². The molecule has 1 aromatic carbocycles. The maximum absolute atomic E-state index is 11.0. The van der Waals surface area contributed by atoms with E-state index in [4.69, 9.17) is 9.52 Å². The van der Waals surface area contributed by atoms with Gasteiger partial charge in [-0.05, 0) is 37.0 Å². The molecule has 100 valence electrons. The standard InChI is InChI=1S/C15H17NO3/c1-8(2)11-6-5-9(3)12(7-11)14-16-10(4)13(19-14)15(17)18/h5-8H,1-4H3,(H,17,18). The van der Waals surface area contributed by atoms with Gasteiger partial charge < -0.3 is 9.52 Å². The number of hydrogen-bond donors (Lipinski definition) is 1. The lowest BCUT2D eigenvalue weighted by molar-refractivity contribution is 0.0662. The molecular formula is C15H17NO3. The first-order valence-corrected chi connectivity index (χ1v) is 6.21. The number of carbonyl (C=O) groups is 1. The molecule has 4 nitrogen and oxygen atoms in total. The normalized spacial score (nSPS) is 11.0. The summed E-state index contributed by atoms with van der Waals surface area (Å²) < 4.78 is 5.37. The van der Waals surface area contributed by atoms with Gasteiger partial charge in [0.1, 0.15) is 0 Å². The molecule has 0 spiro atoms. The fourth-order valence-corrected chi connectivity index (χ4v) is 1.94. The third-order valence-corrected chi connectivity index (χ3v) is 3.15. The highest BCUT2D eigenvalue weighted by molar-refractivity contribution is 5.86. The molecule has 2 aromatic rings. The number of rotatable bonds is 3. The lowest BCUT2D eigenvalue weighted by Crippen LogP contribution is -1.95. The van der Waals surface area contributed by atoms with Crippen molar-refractivity contribution in [3.63, 3.8) is 0 Å². The monoisotopic (exact) mass is 259 g/mol. The summed E-state index contributed by atoms with van der Waals surface area (Å²) in [5.41, 5.74) is 3.44. The zero-order chi connectivity index (χ0) is 14.2. The average Bonchev–Trinajstić information content (AvgIpc) is 2.71. The van der Waals surface area contributed by atoms with Crippen molar-refractivity contribution in [3.8, 4) is 11.5 Å². The predicted octanol–water partition coefficient (Wildman–Crippen LogP) is 3.78. The Bertz CT molecular complexity index is 626. The summed E-state index contributed by atoms with van der Waals surface area (Å²) in [6.07, 6.45) is 0. The summed E-state index contributed by atoms with van der Waals surface area (Å²) in [4.78, 5) is 15.2. The van der Waals surface area contributed by atoms with Gasteiger partial charge >= 0.3 is 5.97 Å². The molecule has 0 radical (unpaired) electrons. The van der Waals surface area contributed by atoms with E-state index in [9.17, 15) is 4.79 Å². The fourth-order valence-electron chi connectivity index (χ4n) is 1.94. The minimum absolute atomic E-state index is 0.0932. The van der Waals surface area contributed by atoms with E-state index in [1.807, 2.05) is 19.1 Å². The molecule has 0 saturated carbocycles. The molecule has 0 atom stereocenters. The Morgan fingerprint density at radius 3 is 2.53 bits per heavy atom. The molecule has 19 heavy (non-hydrogen) atoms. The minimum atomic E-state index is -1.09. The van der Waals surface area contributed by atoms with E-state index in [1.54, 1.807) is 6.92 Å². The molecule has 1 heterocycles. The quantitative estimate of drug-likeness (QED) is 0.911. The van der Waals surface area contributed by atoms with Crippen LogP contribution in [-0.2, 0) is 0 Å². The molecule has 4 heteroatoms.